The van der Waals surface area contributed by atoms with Crippen molar-refractivity contribution in [3.63, 3.8) is 0 Å². The standard InChI is InChI=1S/C28H30N2O6/c1-34-23-15-13-21(14-16-23)18-25(27(32)35-2)29-26(31)24(17-20-9-5-3-6-10-20)30-28(33)36-19-22-11-7-4-8-12-22/h3-16,24-25H,17-19H2,1-2H3,(H,29,31)(H,30,33)/t24-,25-/m1/s1. The van der Waals surface area contributed by atoms with Gasteiger partial charge in [-0.2, -0.15) is 0 Å². The Hall–Kier alpha value is -4.33. The molecule has 2 N–H and O–H groups in total. The zero-order chi connectivity index (χ0) is 25.8. The van der Waals surface area contributed by atoms with E-state index < -0.39 is 30.1 Å². The molecule has 8 heteroatoms. The summed E-state index contributed by atoms with van der Waals surface area (Å²) in [5.74, 6) is -0.442. The third-order valence-electron chi connectivity index (χ3n) is 5.51. The molecule has 188 valence electrons. The Balaban J connectivity index is 1.71. The van der Waals surface area contributed by atoms with Crippen LogP contribution >= 0.6 is 0 Å². The van der Waals surface area contributed by atoms with Crippen molar-refractivity contribution in [2.75, 3.05) is 14.2 Å². The Kier molecular flexibility index (Phi) is 9.88. The number of nitrogens with one attached hydrogen (secondary N) is 2. The summed E-state index contributed by atoms with van der Waals surface area (Å²) in [5, 5.41) is 5.36. The first-order valence-electron chi connectivity index (χ1n) is 11.5. The van der Waals surface area contributed by atoms with E-state index >= 15 is 0 Å². The molecule has 3 aromatic carbocycles. The summed E-state index contributed by atoms with van der Waals surface area (Å²) in [6.45, 7) is 0.0641. The van der Waals surface area contributed by atoms with Gasteiger partial charge in [0.2, 0.25) is 5.91 Å². The molecule has 0 aliphatic rings. The van der Waals surface area contributed by atoms with Crippen LogP contribution in [0.2, 0.25) is 0 Å². The topological polar surface area (TPSA) is 103 Å². The summed E-state index contributed by atoms with van der Waals surface area (Å²) in [6.07, 6.45) is -0.317. The van der Waals surface area contributed by atoms with Crippen LogP contribution in [0.15, 0.2) is 84.9 Å². The lowest BCUT2D eigenvalue weighted by Crippen LogP contribution is -2.53. The Morgan fingerprint density at radius 3 is 1.83 bits per heavy atom. The lowest BCUT2D eigenvalue weighted by atomic mass is 10.0. The Labute approximate surface area is 210 Å². The van der Waals surface area contributed by atoms with Crippen molar-refractivity contribution in [2.45, 2.75) is 31.5 Å². The van der Waals surface area contributed by atoms with E-state index in [-0.39, 0.29) is 19.4 Å². The number of amides is 2. The van der Waals surface area contributed by atoms with E-state index in [0.29, 0.717) is 5.75 Å². The highest BCUT2D eigenvalue weighted by molar-refractivity contribution is 5.90. The van der Waals surface area contributed by atoms with E-state index in [9.17, 15) is 14.4 Å². The summed E-state index contributed by atoms with van der Waals surface area (Å²) in [6, 6.07) is 23.7. The number of hydrogen-bond acceptors (Lipinski definition) is 6. The molecule has 0 radical (unpaired) electrons. The molecule has 0 bridgehead atoms. The largest absolute Gasteiger partial charge is 0.497 e. The Morgan fingerprint density at radius 2 is 1.25 bits per heavy atom. The minimum Gasteiger partial charge on any atom is -0.497 e. The normalized spacial score (nSPS) is 12.1. The number of rotatable bonds is 11. The van der Waals surface area contributed by atoms with E-state index in [2.05, 4.69) is 10.6 Å². The summed E-state index contributed by atoms with van der Waals surface area (Å²) in [5.41, 5.74) is 2.47. The summed E-state index contributed by atoms with van der Waals surface area (Å²) < 4.78 is 15.4. The lowest BCUT2D eigenvalue weighted by molar-refractivity contribution is -0.145. The summed E-state index contributed by atoms with van der Waals surface area (Å²) in [7, 11) is 2.83. The number of alkyl carbamates (subject to hydrolysis) is 1. The molecule has 0 heterocycles. The maximum Gasteiger partial charge on any atom is 0.408 e. The average Bonchev–Trinajstić information content (AvgIpc) is 2.92. The summed E-state index contributed by atoms with van der Waals surface area (Å²) in [4.78, 5) is 38.3. The number of carbonyl (C=O) groups is 3. The Bertz CT molecular complexity index is 1120. The van der Waals surface area contributed by atoms with Gasteiger partial charge in [0.25, 0.3) is 0 Å². The Morgan fingerprint density at radius 1 is 0.694 bits per heavy atom. The van der Waals surface area contributed by atoms with Crippen molar-refractivity contribution in [1.29, 1.82) is 0 Å². The van der Waals surface area contributed by atoms with Crippen molar-refractivity contribution in [3.05, 3.63) is 102 Å². The minimum atomic E-state index is -0.973. The second-order valence-corrected chi connectivity index (χ2v) is 8.08. The highest BCUT2D eigenvalue weighted by Gasteiger charge is 2.28. The molecule has 36 heavy (non-hydrogen) atoms. The number of methoxy groups -OCH3 is 2. The van der Waals surface area contributed by atoms with E-state index in [4.69, 9.17) is 14.2 Å². The first-order chi connectivity index (χ1) is 17.5. The number of ether oxygens (including phenoxy) is 3. The lowest BCUT2D eigenvalue weighted by Gasteiger charge is -2.22. The SMILES string of the molecule is COC(=O)[C@@H](Cc1ccc(OC)cc1)NC(=O)[C@@H](Cc1ccccc1)NC(=O)OCc1ccccc1. The average molecular weight is 491 g/mol. The predicted molar refractivity (Wildman–Crippen MR) is 134 cm³/mol. The highest BCUT2D eigenvalue weighted by Crippen LogP contribution is 2.14. The first-order valence-corrected chi connectivity index (χ1v) is 11.5. The van der Waals surface area contributed by atoms with Gasteiger partial charge in [0.05, 0.1) is 14.2 Å². The molecule has 0 aliphatic heterocycles. The fraction of sp³-hybridized carbons (Fsp3) is 0.250. The molecule has 2 amide bonds. The molecule has 3 aromatic rings. The van der Waals surface area contributed by atoms with Gasteiger partial charge < -0.3 is 24.8 Å². The van der Waals surface area contributed by atoms with E-state index in [0.717, 1.165) is 16.7 Å². The van der Waals surface area contributed by atoms with E-state index in [1.165, 1.54) is 7.11 Å². The number of carbonyl (C=O) groups excluding carboxylic acids is 3. The molecule has 0 saturated heterocycles. The second kappa shape index (κ2) is 13.5. The molecule has 0 spiro atoms. The zero-order valence-electron chi connectivity index (χ0n) is 20.3. The van der Waals surface area contributed by atoms with Crippen molar-refractivity contribution in [2.24, 2.45) is 0 Å². The predicted octanol–water partition coefficient (Wildman–Crippen LogP) is 3.43. The van der Waals surface area contributed by atoms with Gasteiger partial charge in [-0.1, -0.05) is 72.8 Å². The number of hydrogen-bond donors (Lipinski definition) is 2. The van der Waals surface area contributed by atoms with Gasteiger partial charge in [-0.15, -0.1) is 0 Å². The van der Waals surface area contributed by atoms with Gasteiger partial charge in [0.15, 0.2) is 0 Å². The maximum absolute atomic E-state index is 13.3. The van der Waals surface area contributed by atoms with Crippen LogP contribution in [0.1, 0.15) is 16.7 Å². The van der Waals surface area contributed by atoms with Gasteiger partial charge in [-0.25, -0.2) is 9.59 Å². The molecule has 0 aliphatic carbocycles. The van der Waals surface area contributed by atoms with Gasteiger partial charge in [0, 0.05) is 12.8 Å². The third kappa shape index (κ3) is 8.16. The van der Waals surface area contributed by atoms with E-state index in [1.807, 2.05) is 72.8 Å². The van der Waals surface area contributed by atoms with E-state index in [1.54, 1.807) is 19.2 Å². The third-order valence-corrected chi connectivity index (χ3v) is 5.51. The maximum atomic E-state index is 13.3. The molecule has 0 fully saturated rings. The fourth-order valence-electron chi connectivity index (χ4n) is 3.57. The van der Waals surface area contributed by atoms with Crippen molar-refractivity contribution in [1.82, 2.24) is 10.6 Å². The van der Waals surface area contributed by atoms with Gasteiger partial charge in [0.1, 0.15) is 24.4 Å². The second-order valence-electron chi connectivity index (χ2n) is 8.08. The zero-order valence-corrected chi connectivity index (χ0v) is 20.3. The number of benzene rings is 3. The van der Waals surface area contributed by atoms with Crippen LogP contribution in [0.4, 0.5) is 4.79 Å². The molecule has 0 aromatic heterocycles. The van der Waals surface area contributed by atoms with Crippen LogP contribution in [0, 0.1) is 0 Å². The summed E-state index contributed by atoms with van der Waals surface area (Å²) >= 11 is 0. The molecule has 0 unspecified atom stereocenters. The monoisotopic (exact) mass is 490 g/mol. The van der Waals surface area contributed by atoms with Crippen LogP contribution in [0.3, 0.4) is 0 Å². The van der Waals surface area contributed by atoms with Gasteiger partial charge in [-0.05, 0) is 28.8 Å². The minimum absolute atomic E-state index is 0.0641. The van der Waals surface area contributed by atoms with Crippen molar-refractivity contribution < 1.29 is 28.6 Å². The van der Waals surface area contributed by atoms with Crippen LogP contribution in [-0.2, 0) is 38.5 Å². The van der Waals surface area contributed by atoms with Crippen molar-refractivity contribution in [3.8, 4) is 5.75 Å². The molecule has 8 nitrogen and oxygen atoms in total. The van der Waals surface area contributed by atoms with Crippen LogP contribution in [-0.4, -0.2) is 44.3 Å². The van der Waals surface area contributed by atoms with Crippen molar-refractivity contribution >= 4 is 18.0 Å². The highest BCUT2D eigenvalue weighted by atomic mass is 16.5. The van der Waals surface area contributed by atoms with Gasteiger partial charge >= 0.3 is 12.1 Å². The quantitative estimate of drug-likeness (QED) is 0.399. The fourth-order valence-corrected chi connectivity index (χ4v) is 3.57. The molecule has 3 rings (SSSR count). The molecule has 2 atom stereocenters. The van der Waals surface area contributed by atoms with Crippen LogP contribution < -0.4 is 15.4 Å². The smallest absolute Gasteiger partial charge is 0.408 e. The van der Waals surface area contributed by atoms with Gasteiger partial charge in [-0.3, -0.25) is 4.79 Å². The molecular formula is C28H30N2O6. The number of esters is 1. The van der Waals surface area contributed by atoms with Crippen LogP contribution in [0.5, 0.6) is 5.75 Å². The molecule has 0 saturated carbocycles. The first kappa shape index (κ1) is 26.3. The molecular weight excluding hydrogens is 460 g/mol. The van der Waals surface area contributed by atoms with Crippen LogP contribution in [0.25, 0.3) is 0 Å².